The summed E-state index contributed by atoms with van der Waals surface area (Å²) in [7, 11) is -3.05. The molecule has 1 aliphatic carbocycles. The molecule has 0 aliphatic heterocycles. The van der Waals surface area contributed by atoms with Gasteiger partial charge in [0.25, 0.3) is 0 Å². The predicted molar refractivity (Wildman–Crippen MR) is 74.3 cm³/mol. The molecule has 0 saturated heterocycles. The summed E-state index contributed by atoms with van der Waals surface area (Å²) in [5.41, 5.74) is 0.951. The molecular weight excluding hydrogens is 262 g/mol. The summed E-state index contributed by atoms with van der Waals surface area (Å²) >= 11 is 0. The number of hydrogen-bond donors (Lipinski definition) is 1. The van der Waals surface area contributed by atoms with Crippen molar-refractivity contribution in [3.63, 3.8) is 0 Å². The van der Waals surface area contributed by atoms with Crippen molar-refractivity contribution in [2.45, 2.75) is 31.1 Å². The zero-order chi connectivity index (χ0) is 13.3. The van der Waals surface area contributed by atoms with Gasteiger partial charge in [-0.15, -0.1) is 0 Å². The Labute approximate surface area is 112 Å². The lowest BCUT2D eigenvalue weighted by Gasteiger charge is -2.06. The van der Waals surface area contributed by atoms with Gasteiger partial charge >= 0.3 is 0 Å². The molecule has 1 saturated carbocycles. The van der Waals surface area contributed by atoms with E-state index < -0.39 is 10.0 Å². The van der Waals surface area contributed by atoms with E-state index in [0.717, 1.165) is 36.8 Å². The Morgan fingerprint density at radius 3 is 3.00 bits per heavy atom. The van der Waals surface area contributed by atoms with Gasteiger partial charge in [-0.25, -0.2) is 18.1 Å². The van der Waals surface area contributed by atoms with Crippen molar-refractivity contribution in [3.05, 3.63) is 30.6 Å². The first kappa shape index (κ1) is 12.6. The van der Waals surface area contributed by atoms with Crippen LogP contribution in [-0.4, -0.2) is 29.8 Å². The first-order valence-corrected chi connectivity index (χ1v) is 8.10. The first-order chi connectivity index (χ1) is 9.17. The van der Waals surface area contributed by atoms with Crippen LogP contribution in [0.15, 0.2) is 30.6 Å². The van der Waals surface area contributed by atoms with Gasteiger partial charge < -0.3 is 4.57 Å². The van der Waals surface area contributed by atoms with Crippen LogP contribution < -0.4 is 4.72 Å². The maximum atomic E-state index is 11.6. The van der Waals surface area contributed by atoms with Gasteiger partial charge in [0, 0.05) is 30.9 Å². The van der Waals surface area contributed by atoms with Gasteiger partial charge in [0.15, 0.2) is 0 Å². The Kier molecular flexibility index (Phi) is 3.28. The average Bonchev–Trinajstić information content (AvgIpc) is 3.18. The number of aryl methyl sites for hydroxylation is 1. The smallest absolute Gasteiger partial charge is 0.214 e. The molecule has 1 fully saturated rings. The van der Waals surface area contributed by atoms with Crippen molar-refractivity contribution < 1.29 is 8.42 Å². The molecule has 1 aliphatic rings. The lowest BCUT2D eigenvalue weighted by atomic mass is 10.3. The predicted octanol–water partition coefficient (Wildman–Crippen LogP) is 1.51. The standard InChI is InChI=1S/C13H17N3O2S/c17-19(18,12-4-5-12)15-8-2-9-16-10-6-11-3-1-7-14-13(11)16/h1,3,6-7,10,12,15H,2,4-5,8-9H2. The summed E-state index contributed by atoms with van der Waals surface area (Å²) in [6.45, 7) is 1.26. The molecule has 3 rings (SSSR count). The second kappa shape index (κ2) is 4.94. The second-order valence-electron chi connectivity index (χ2n) is 4.92. The zero-order valence-corrected chi connectivity index (χ0v) is 11.4. The molecule has 2 aromatic rings. The molecule has 2 heterocycles. The molecule has 0 amide bonds. The summed E-state index contributed by atoms with van der Waals surface area (Å²) in [5, 5.41) is 0.975. The van der Waals surface area contributed by atoms with Crippen LogP contribution in [0.3, 0.4) is 0 Å². The van der Waals surface area contributed by atoms with Gasteiger partial charge in [-0.3, -0.25) is 0 Å². The molecule has 2 aromatic heterocycles. The van der Waals surface area contributed by atoms with E-state index in [9.17, 15) is 8.42 Å². The molecule has 0 unspecified atom stereocenters. The highest BCUT2D eigenvalue weighted by atomic mass is 32.2. The molecule has 102 valence electrons. The largest absolute Gasteiger partial charge is 0.332 e. The molecule has 0 bridgehead atoms. The fraction of sp³-hybridized carbons (Fsp3) is 0.462. The topological polar surface area (TPSA) is 64.0 Å². The van der Waals surface area contributed by atoms with E-state index in [1.165, 1.54) is 0 Å². The number of rotatable bonds is 6. The number of pyridine rings is 1. The van der Waals surface area contributed by atoms with Crippen LogP contribution in [0.25, 0.3) is 11.0 Å². The zero-order valence-electron chi connectivity index (χ0n) is 10.6. The molecular formula is C13H17N3O2S. The number of nitrogens with zero attached hydrogens (tertiary/aromatic N) is 2. The average molecular weight is 279 g/mol. The lowest BCUT2D eigenvalue weighted by molar-refractivity contribution is 0.570. The number of aromatic nitrogens is 2. The molecule has 19 heavy (non-hydrogen) atoms. The van der Waals surface area contributed by atoms with Crippen LogP contribution in [0.2, 0.25) is 0 Å². The number of fused-ring (bicyclic) bond motifs is 1. The van der Waals surface area contributed by atoms with Crippen LogP contribution >= 0.6 is 0 Å². The van der Waals surface area contributed by atoms with Crippen molar-refractivity contribution >= 4 is 21.1 Å². The molecule has 0 radical (unpaired) electrons. The van der Waals surface area contributed by atoms with Crippen molar-refractivity contribution in [3.8, 4) is 0 Å². The minimum atomic E-state index is -3.05. The van der Waals surface area contributed by atoms with Crippen molar-refractivity contribution in [1.29, 1.82) is 0 Å². The van der Waals surface area contributed by atoms with Gasteiger partial charge in [-0.1, -0.05) is 0 Å². The summed E-state index contributed by atoms with van der Waals surface area (Å²) in [4.78, 5) is 4.33. The van der Waals surface area contributed by atoms with Gasteiger partial charge in [0.1, 0.15) is 5.65 Å². The second-order valence-corrected chi connectivity index (χ2v) is 6.96. The summed E-state index contributed by atoms with van der Waals surface area (Å²) in [6, 6.07) is 5.96. The number of hydrogen-bond acceptors (Lipinski definition) is 3. The minimum Gasteiger partial charge on any atom is -0.332 e. The van der Waals surface area contributed by atoms with E-state index in [2.05, 4.69) is 14.3 Å². The Bertz CT molecular complexity index is 674. The first-order valence-electron chi connectivity index (χ1n) is 6.55. The summed E-state index contributed by atoms with van der Waals surface area (Å²) in [5.74, 6) is 0. The van der Waals surface area contributed by atoms with E-state index >= 15 is 0 Å². The van der Waals surface area contributed by atoms with Crippen LogP contribution in [0.5, 0.6) is 0 Å². The molecule has 5 nitrogen and oxygen atoms in total. The van der Waals surface area contributed by atoms with E-state index in [0.29, 0.717) is 6.54 Å². The van der Waals surface area contributed by atoms with Crippen LogP contribution in [-0.2, 0) is 16.6 Å². The van der Waals surface area contributed by atoms with Crippen molar-refractivity contribution in [2.75, 3.05) is 6.54 Å². The lowest BCUT2D eigenvalue weighted by Crippen LogP contribution is -2.28. The minimum absolute atomic E-state index is 0.137. The molecule has 1 N–H and O–H groups in total. The fourth-order valence-electron chi connectivity index (χ4n) is 2.16. The van der Waals surface area contributed by atoms with Gasteiger partial charge in [0.2, 0.25) is 10.0 Å². The van der Waals surface area contributed by atoms with Crippen molar-refractivity contribution in [1.82, 2.24) is 14.3 Å². The van der Waals surface area contributed by atoms with E-state index in [-0.39, 0.29) is 5.25 Å². The summed E-state index contributed by atoms with van der Waals surface area (Å²) in [6.07, 6.45) is 6.15. The Morgan fingerprint density at radius 2 is 2.21 bits per heavy atom. The monoisotopic (exact) mass is 279 g/mol. The fourth-order valence-corrected chi connectivity index (χ4v) is 3.58. The highest BCUT2D eigenvalue weighted by molar-refractivity contribution is 7.90. The van der Waals surface area contributed by atoms with Gasteiger partial charge in [0.05, 0.1) is 5.25 Å². The van der Waals surface area contributed by atoms with Crippen LogP contribution in [0.1, 0.15) is 19.3 Å². The molecule has 0 aromatic carbocycles. The maximum absolute atomic E-state index is 11.6. The van der Waals surface area contributed by atoms with Crippen LogP contribution in [0.4, 0.5) is 0 Å². The van der Waals surface area contributed by atoms with Crippen LogP contribution in [0, 0.1) is 0 Å². The maximum Gasteiger partial charge on any atom is 0.214 e. The molecule has 0 atom stereocenters. The Hall–Kier alpha value is -1.40. The SMILES string of the molecule is O=S(=O)(NCCCn1ccc2cccnc21)C1CC1. The Balaban J connectivity index is 1.55. The van der Waals surface area contributed by atoms with Crippen molar-refractivity contribution in [2.24, 2.45) is 0 Å². The third-order valence-electron chi connectivity index (χ3n) is 3.37. The van der Waals surface area contributed by atoms with Gasteiger partial charge in [-0.2, -0.15) is 0 Å². The van der Waals surface area contributed by atoms with E-state index in [1.807, 2.05) is 24.4 Å². The highest BCUT2D eigenvalue weighted by Crippen LogP contribution is 2.27. The van der Waals surface area contributed by atoms with Gasteiger partial charge in [-0.05, 0) is 37.5 Å². The number of nitrogens with one attached hydrogen (secondary N) is 1. The third kappa shape index (κ3) is 2.79. The number of sulfonamides is 1. The quantitative estimate of drug-likeness (QED) is 0.815. The molecule has 0 spiro atoms. The van der Waals surface area contributed by atoms with E-state index in [1.54, 1.807) is 6.20 Å². The third-order valence-corrected chi connectivity index (χ3v) is 5.32. The normalized spacial score (nSPS) is 16.0. The summed E-state index contributed by atoms with van der Waals surface area (Å²) < 4.78 is 28.0. The molecule has 6 heteroatoms. The highest BCUT2D eigenvalue weighted by Gasteiger charge is 2.35. The Morgan fingerprint density at radius 1 is 1.37 bits per heavy atom. The van der Waals surface area contributed by atoms with E-state index in [4.69, 9.17) is 0 Å².